The van der Waals surface area contributed by atoms with Gasteiger partial charge in [-0.2, -0.15) is 0 Å². The molecule has 0 amide bonds. The molecule has 1 rings (SSSR count). The van der Waals surface area contributed by atoms with Crippen LogP contribution in [0.4, 0.5) is 0 Å². The summed E-state index contributed by atoms with van der Waals surface area (Å²) in [5, 5.41) is 0. The van der Waals surface area contributed by atoms with E-state index >= 15 is 0 Å². The molecule has 0 spiro atoms. The standard InChI is InChI=1S/C9H9BrO2/c1-6-3-4-8(7(2)5-6)9(11)12-10/h3-5H,1-2H3. The maximum Gasteiger partial charge on any atom is 0.349 e. The lowest BCUT2D eigenvalue weighted by molar-refractivity contribution is 0.0781. The lowest BCUT2D eigenvalue weighted by atomic mass is 10.1. The fourth-order valence-corrected chi connectivity index (χ4v) is 1.26. The lowest BCUT2D eigenvalue weighted by Crippen LogP contribution is -2.00. The van der Waals surface area contributed by atoms with Gasteiger partial charge in [0.1, 0.15) is 0 Å². The van der Waals surface area contributed by atoms with E-state index in [1.54, 1.807) is 6.07 Å². The van der Waals surface area contributed by atoms with Crippen LogP contribution in [0.1, 0.15) is 21.5 Å². The SMILES string of the molecule is Cc1ccc(C(=O)OBr)c(C)c1. The molecule has 0 saturated heterocycles. The second-order valence-electron chi connectivity index (χ2n) is 2.68. The molecule has 0 unspecified atom stereocenters. The maximum atomic E-state index is 11.1. The highest BCUT2D eigenvalue weighted by Crippen LogP contribution is 2.12. The molecule has 0 aliphatic rings. The van der Waals surface area contributed by atoms with E-state index in [-0.39, 0.29) is 5.97 Å². The quantitative estimate of drug-likeness (QED) is 0.740. The second kappa shape index (κ2) is 3.72. The zero-order chi connectivity index (χ0) is 9.14. The molecule has 1 aromatic carbocycles. The normalized spacial score (nSPS) is 9.58. The molecule has 0 aliphatic carbocycles. The van der Waals surface area contributed by atoms with Crippen molar-refractivity contribution in [3.8, 4) is 0 Å². The van der Waals surface area contributed by atoms with E-state index in [0.717, 1.165) is 11.1 Å². The number of carbonyl (C=O) groups excluding carboxylic acids is 1. The third-order valence-corrected chi connectivity index (χ3v) is 1.97. The Hall–Kier alpha value is -0.830. The summed E-state index contributed by atoms with van der Waals surface area (Å²) in [6, 6.07) is 5.58. The van der Waals surface area contributed by atoms with Crippen LogP contribution in [0.3, 0.4) is 0 Å². The largest absolute Gasteiger partial charge is 0.380 e. The van der Waals surface area contributed by atoms with Gasteiger partial charge in [0.2, 0.25) is 0 Å². The van der Waals surface area contributed by atoms with Crippen molar-refractivity contribution >= 4 is 22.2 Å². The Bertz CT molecular complexity index is 307. The Balaban J connectivity index is 3.09. The smallest absolute Gasteiger partial charge is 0.349 e. The Kier molecular flexibility index (Phi) is 2.87. The summed E-state index contributed by atoms with van der Waals surface area (Å²) in [6.07, 6.45) is 0. The Morgan fingerprint density at radius 2 is 2.08 bits per heavy atom. The molecule has 0 saturated carbocycles. The van der Waals surface area contributed by atoms with Crippen LogP contribution in [-0.2, 0) is 3.83 Å². The average molecular weight is 229 g/mol. The van der Waals surface area contributed by atoms with E-state index in [0.29, 0.717) is 5.56 Å². The maximum absolute atomic E-state index is 11.1. The average Bonchev–Trinajstić information content (AvgIpc) is 2.03. The van der Waals surface area contributed by atoms with E-state index in [4.69, 9.17) is 0 Å². The van der Waals surface area contributed by atoms with Crippen molar-refractivity contribution in [1.82, 2.24) is 0 Å². The van der Waals surface area contributed by atoms with Crippen molar-refractivity contribution in [2.75, 3.05) is 0 Å². The van der Waals surface area contributed by atoms with Gasteiger partial charge < -0.3 is 3.83 Å². The van der Waals surface area contributed by atoms with Crippen molar-refractivity contribution in [3.63, 3.8) is 0 Å². The molecule has 0 heterocycles. The van der Waals surface area contributed by atoms with Gasteiger partial charge in [0.05, 0.1) is 5.56 Å². The number of benzene rings is 1. The van der Waals surface area contributed by atoms with Crippen LogP contribution < -0.4 is 0 Å². The fourth-order valence-electron chi connectivity index (χ4n) is 1.08. The van der Waals surface area contributed by atoms with Gasteiger partial charge in [-0.15, -0.1) is 0 Å². The van der Waals surface area contributed by atoms with Crippen LogP contribution in [0.2, 0.25) is 0 Å². The molecule has 0 bridgehead atoms. The predicted octanol–water partition coefficient (Wildman–Crippen LogP) is 2.77. The van der Waals surface area contributed by atoms with Crippen LogP contribution in [0.25, 0.3) is 0 Å². The first kappa shape index (κ1) is 9.26. The third-order valence-electron chi connectivity index (χ3n) is 1.67. The zero-order valence-electron chi connectivity index (χ0n) is 6.93. The van der Waals surface area contributed by atoms with Crippen LogP contribution in [0.5, 0.6) is 0 Å². The van der Waals surface area contributed by atoms with E-state index in [1.165, 1.54) is 0 Å². The minimum Gasteiger partial charge on any atom is -0.380 e. The molecular weight excluding hydrogens is 220 g/mol. The van der Waals surface area contributed by atoms with Crippen LogP contribution >= 0.6 is 16.3 Å². The summed E-state index contributed by atoms with van der Waals surface area (Å²) >= 11 is 2.65. The molecule has 0 fully saturated rings. The first-order valence-corrected chi connectivity index (χ1v) is 4.20. The number of rotatable bonds is 1. The van der Waals surface area contributed by atoms with Crippen molar-refractivity contribution in [2.45, 2.75) is 13.8 Å². The zero-order valence-corrected chi connectivity index (χ0v) is 8.51. The molecule has 64 valence electrons. The van der Waals surface area contributed by atoms with Crippen molar-refractivity contribution in [3.05, 3.63) is 34.9 Å². The van der Waals surface area contributed by atoms with Crippen molar-refractivity contribution in [2.24, 2.45) is 0 Å². The molecular formula is C9H9BrO2. The number of carbonyl (C=O) groups is 1. The Labute approximate surface area is 80.0 Å². The number of hydrogen-bond acceptors (Lipinski definition) is 2. The molecule has 3 heteroatoms. The molecule has 1 aromatic rings. The highest BCUT2D eigenvalue weighted by Gasteiger charge is 2.08. The predicted molar refractivity (Wildman–Crippen MR) is 50.3 cm³/mol. The highest BCUT2D eigenvalue weighted by molar-refractivity contribution is 9.06. The van der Waals surface area contributed by atoms with Gasteiger partial charge in [0.15, 0.2) is 16.3 Å². The fraction of sp³-hybridized carbons (Fsp3) is 0.222. The summed E-state index contributed by atoms with van der Waals surface area (Å²) in [5.41, 5.74) is 2.66. The summed E-state index contributed by atoms with van der Waals surface area (Å²) < 4.78 is 4.43. The Morgan fingerprint density at radius 1 is 1.42 bits per heavy atom. The van der Waals surface area contributed by atoms with E-state index < -0.39 is 0 Å². The third kappa shape index (κ3) is 1.85. The molecule has 0 aromatic heterocycles. The van der Waals surface area contributed by atoms with Gasteiger partial charge >= 0.3 is 5.97 Å². The number of hydrogen-bond donors (Lipinski definition) is 0. The van der Waals surface area contributed by atoms with Crippen LogP contribution in [0.15, 0.2) is 18.2 Å². The minimum atomic E-state index is -0.354. The molecule has 0 aliphatic heterocycles. The van der Waals surface area contributed by atoms with Gasteiger partial charge in [-0.25, -0.2) is 4.79 Å². The van der Waals surface area contributed by atoms with E-state index in [9.17, 15) is 4.79 Å². The van der Waals surface area contributed by atoms with Crippen molar-refractivity contribution < 1.29 is 8.62 Å². The molecule has 0 radical (unpaired) electrons. The van der Waals surface area contributed by atoms with Gasteiger partial charge in [-0.1, -0.05) is 17.7 Å². The monoisotopic (exact) mass is 228 g/mol. The summed E-state index contributed by atoms with van der Waals surface area (Å²) in [6.45, 7) is 3.86. The summed E-state index contributed by atoms with van der Waals surface area (Å²) in [5.74, 6) is -0.354. The van der Waals surface area contributed by atoms with E-state index in [2.05, 4.69) is 20.1 Å². The topological polar surface area (TPSA) is 26.3 Å². The molecule has 0 atom stereocenters. The molecule has 2 nitrogen and oxygen atoms in total. The first-order valence-electron chi connectivity index (χ1n) is 3.55. The first-order chi connectivity index (χ1) is 5.65. The van der Waals surface area contributed by atoms with Crippen molar-refractivity contribution in [1.29, 1.82) is 0 Å². The van der Waals surface area contributed by atoms with Crippen LogP contribution in [0, 0.1) is 13.8 Å². The van der Waals surface area contributed by atoms with Crippen LogP contribution in [-0.4, -0.2) is 5.97 Å². The van der Waals surface area contributed by atoms with Gasteiger partial charge in [-0.3, -0.25) is 0 Å². The van der Waals surface area contributed by atoms with Gasteiger partial charge in [0, 0.05) is 0 Å². The van der Waals surface area contributed by atoms with Gasteiger partial charge in [-0.05, 0) is 25.5 Å². The molecule has 12 heavy (non-hydrogen) atoms. The van der Waals surface area contributed by atoms with Gasteiger partial charge in [0.25, 0.3) is 0 Å². The summed E-state index contributed by atoms with van der Waals surface area (Å²) in [7, 11) is 0. The summed E-state index contributed by atoms with van der Waals surface area (Å²) in [4.78, 5) is 11.1. The number of halogens is 1. The Morgan fingerprint density at radius 3 is 2.58 bits per heavy atom. The number of aryl methyl sites for hydroxylation is 2. The highest BCUT2D eigenvalue weighted by atomic mass is 79.9. The second-order valence-corrected chi connectivity index (χ2v) is 3.01. The molecule has 0 N–H and O–H groups in total. The minimum absolute atomic E-state index is 0.354. The van der Waals surface area contributed by atoms with E-state index in [1.807, 2.05) is 26.0 Å². The lowest BCUT2D eigenvalue weighted by Gasteiger charge is -2.02.